The van der Waals surface area contributed by atoms with Gasteiger partial charge in [0, 0.05) is 0 Å². The molecule has 0 saturated carbocycles. The standard InChI is InChI=1S/C9H12FNO2.ClH/c1-13-9-3-2-6(4-7(9)10)8(11)5-12;/h2-4,8,12H,5,11H2,1H3;1H/t8-;/m1./s1. The van der Waals surface area contributed by atoms with Crippen LogP contribution in [0.1, 0.15) is 11.6 Å². The lowest BCUT2D eigenvalue weighted by Gasteiger charge is -2.09. The van der Waals surface area contributed by atoms with Gasteiger partial charge < -0.3 is 15.6 Å². The maximum Gasteiger partial charge on any atom is 0.165 e. The molecule has 1 atom stereocenters. The molecule has 0 aliphatic carbocycles. The Morgan fingerprint density at radius 1 is 1.57 bits per heavy atom. The average Bonchev–Trinajstić information content (AvgIpc) is 2.16. The fourth-order valence-corrected chi connectivity index (χ4v) is 1.02. The Balaban J connectivity index is 0.00000169. The van der Waals surface area contributed by atoms with E-state index in [2.05, 4.69) is 0 Å². The second-order valence-corrected chi connectivity index (χ2v) is 2.68. The first kappa shape index (κ1) is 13.2. The first-order chi connectivity index (χ1) is 6.19. The minimum atomic E-state index is -0.541. The molecule has 0 bridgehead atoms. The molecule has 5 heteroatoms. The number of halogens is 2. The van der Waals surface area contributed by atoms with Gasteiger partial charge in [0.15, 0.2) is 11.6 Å². The molecule has 0 amide bonds. The average molecular weight is 222 g/mol. The SMILES string of the molecule is COc1ccc([C@H](N)CO)cc1F.Cl. The summed E-state index contributed by atoms with van der Waals surface area (Å²) in [5.41, 5.74) is 6.05. The van der Waals surface area contributed by atoms with Crippen molar-refractivity contribution in [2.24, 2.45) is 5.73 Å². The van der Waals surface area contributed by atoms with Crippen molar-refractivity contribution in [1.82, 2.24) is 0 Å². The molecular formula is C9H13ClFNO2. The van der Waals surface area contributed by atoms with Crippen LogP contribution >= 0.6 is 12.4 Å². The molecule has 0 aliphatic heterocycles. The van der Waals surface area contributed by atoms with Gasteiger partial charge in [-0.25, -0.2) is 4.39 Å². The van der Waals surface area contributed by atoms with Crippen molar-refractivity contribution in [2.75, 3.05) is 13.7 Å². The van der Waals surface area contributed by atoms with Gasteiger partial charge in [0.1, 0.15) is 0 Å². The van der Waals surface area contributed by atoms with Crippen molar-refractivity contribution < 1.29 is 14.2 Å². The lowest BCUT2D eigenvalue weighted by atomic mass is 10.1. The third-order valence-corrected chi connectivity index (χ3v) is 1.80. The van der Waals surface area contributed by atoms with Gasteiger partial charge in [0.25, 0.3) is 0 Å². The molecule has 0 unspecified atom stereocenters. The zero-order valence-corrected chi connectivity index (χ0v) is 8.55. The van der Waals surface area contributed by atoms with Gasteiger partial charge in [-0.15, -0.1) is 12.4 Å². The highest BCUT2D eigenvalue weighted by molar-refractivity contribution is 5.85. The number of rotatable bonds is 3. The summed E-state index contributed by atoms with van der Waals surface area (Å²) in [5, 5.41) is 8.73. The molecule has 0 radical (unpaired) electrons. The third-order valence-electron chi connectivity index (χ3n) is 1.80. The molecule has 1 rings (SSSR count). The molecule has 0 aromatic heterocycles. The zero-order valence-electron chi connectivity index (χ0n) is 7.74. The summed E-state index contributed by atoms with van der Waals surface area (Å²) in [4.78, 5) is 0. The lowest BCUT2D eigenvalue weighted by molar-refractivity contribution is 0.267. The molecule has 1 aromatic rings. The summed E-state index contributed by atoms with van der Waals surface area (Å²) in [5.74, 6) is -0.294. The van der Waals surface area contributed by atoms with Crippen LogP contribution in [0.3, 0.4) is 0 Å². The molecule has 1 aromatic carbocycles. The minimum absolute atomic E-state index is 0. The van der Waals surface area contributed by atoms with E-state index < -0.39 is 11.9 Å². The number of methoxy groups -OCH3 is 1. The molecule has 0 fully saturated rings. The Morgan fingerprint density at radius 3 is 2.64 bits per heavy atom. The van der Waals surface area contributed by atoms with E-state index in [1.54, 1.807) is 6.07 Å². The van der Waals surface area contributed by atoms with Gasteiger partial charge in [-0.2, -0.15) is 0 Å². The van der Waals surface area contributed by atoms with Crippen LogP contribution in [0.4, 0.5) is 4.39 Å². The Morgan fingerprint density at radius 2 is 2.21 bits per heavy atom. The van der Waals surface area contributed by atoms with Crippen molar-refractivity contribution in [3.63, 3.8) is 0 Å². The molecule has 3 nitrogen and oxygen atoms in total. The van der Waals surface area contributed by atoms with Crippen LogP contribution in [0.25, 0.3) is 0 Å². The number of hydrogen-bond acceptors (Lipinski definition) is 3. The highest BCUT2D eigenvalue weighted by Crippen LogP contribution is 2.20. The molecule has 0 saturated heterocycles. The van der Waals surface area contributed by atoms with E-state index in [1.807, 2.05) is 0 Å². The fraction of sp³-hybridized carbons (Fsp3) is 0.333. The smallest absolute Gasteiger partial charge is 0.165 e. The van der Waals surface area contributed by atoms with Crippen LogP contribution in [0.2, 0.25) is 0 Å². The molecule has 80 valence electrons. The summed E-state index contributed by atoms with van der Waals surface area (Å²) >= 11 is 0. The van der Waals surface area contributed by atoms with Gasteiger partial charge in [0.05, 0.1) is 19.8 Å². The minimum Gasteiger partial charge on any atom is -0.494 e. The van der Waals surface area contributed by atoms with Crippen molar-refractivity contribution in [2.45, 2.75) is 6.04 Å². The van der Waals surface area contributed by atoms with Gasteiger partial charge in [-0.1, -0.05) is 6.07 Å². The summed E-state index contributed by atoms with van der Waals surface area (Å²) in [6.45, 7) is -0.203. The molecule has 14 heavy (non-hydrogen) atoms. The van der Waals surface area contributed by atoms with Gasteiger partial charge in [-0.3, -0.25) is 0 Å². The summed E-state index contributed by atoms with van der Waals surface area (Å²) in [7, 11) is 1.39. The maximum absolute atomic E-state index is 13.1. The van der Waals surface area contributed by atoms with Crippen LogP contribution in [-0.4, -0.2) is 18.8 Å². The van der Waals surface area contributed by atoms with Gasteiger partial charge >= 0.3 is 0 Å². The van der Waals surface area contributed by atoms with Crippen molar-refractivity contribution >= 4 is 12.4 Å². The van der Waals surface area contributed by atoms with Crippen molar-refractivity contribution in [3.8, 4) is 5.75 Å². The van der Waals surface area contributed by atoms with E-state index in [4.69, 9.17) is 15.6 Å². The number of ether oxygens (including phenoxy) is 1. The zero-order chi connectivity index (χ0) is 9.84. The first-order valence-corrected chi connectivity index (χ1v) is 3.89. The summed E-state index contributed by atoms with van der Waals surface area (Å²) < 4.78 is 17.8. The molecule has 3 N–H and O–H groups in total. The van der Waals surface area contributed by atoms with E-state index in [-0.39, 0.29) is 24.8 Å². The second kappa shape index (κ2) is 5.80. The van der Waals surface area contributed by atoms with Crippen molar-refractivity contribution in [3.05, 3.63) is 29.6 Å². The predicted molar refractivity (Wildman–Crippen MR) is 54.2 cm³/mol. The van der Waals surface area contributed by atoms with E-state index in [9.17, 15) is 4.39 Å². The molecule has 0 spiro atoms. The summed E-state index contributed by atoms with van der Waals surface area (Å²) in [6, 6.07) is 3.84. The maximum atomic E-state index is 13.1. The van der Waals surface area contributed by atoms with E-state index in [0.717, 1.165) is 0 Å². The molecular weight excluding hydrogens is 209 g/mol. The third kappa shape index (κ3) is 2.83. The number of hydrogen-bond donors (Lipinski definition) is 2. The van der Waals surface area contributed by atoms with Crippen LogP contribution in [0.15, 0.2) is 18.2 Å². The van der Waals surface area contributed by atoms with Crippen LogP contribution in [-0.2, 0) is 0 Å². The second-order valence-electron chi connectivity index (χ2n) is 2.68. The van der Waals surface area contributed by atoms with E-state index in [1.165, 1.54) is 19.2 Å². The van der Waals surface area contributed by atoms with Crippen LogP contribution < -0.4 is 10.5 Å². The monoisotopic (exact) mass is 221 g/mol. The Kier molecular flexibility index (Phi) is 5.45. The number of aliphatic hydroxyl groups is 1. The quantitative estimate of drug-likeness (QED) is 0.808. The number of benzene rings is 1. The summed E-state index contributed by atoms with van der Waals surface area (Å²) in [6.07, 6.45) is 0. The highest BCUT2D eigenvalue weighted by Gasteiger charge is 2.08. The number of nitrogens with two attached hydrogens (primary N) is 1. The van der Waals surface area contributed by atoms with Gasteiger partial charge in [-0.05, 0) is 17.7 Å². The van der Waals surface area contributed by atoms with E-state index >= 15 is 0 Å². The Labute approximate surface area is 88.1 Å². The predicted octanol–water partition coefficient (Wildman–Crippen LogP) is 1.25. The van der Waals surface area contributed by atoms with E-state index in [0.29, 0.717) is 5.56 Å². The fourth-order valence-electron chi connectivity index (χ4n) is 1.02. The number of aliphatic hydroxyl groups excluding tert-OH is 1. The highest BCUT2D eigenvalue weighted by atomic mass is 35.5. The van der Waals surface area contributed by atoms with Crippen LogP contribution in [0.5, 0.6) is 5.75 Å². The largest absolute Gasteiger partial charge is 0.494 e. The Hall–Kier alpha value is -0.840. The molecule has 0 aliphatic rings. The first-order valence-electron chi connectivity index (χ1n) is 3.89. The van der Waals surface area contributed by atoms with Crippen molar-refractivity contribution in [1.29, 1.82) is 0 Å². The lowest BCUT2D eigenvalue weighted by Crippen LogP contribution is -2.14. The Bertz CT molecular complexity index is 296. The normalized spacial score (nSPS) is 11.7. The molecule has 0 heterocycles. The topological polar surface area (TPSA) is 55.5 Å². The van der Waals surface area contributed by atoms with Gasteiger partial charge in [0.2, 0.25) is 0 Å². The van der Waals surface area contributed by atoms with Crippen LogP contribution in [0, 0.1) is 5.82 Å².